The zero-order valence-corrected chi connectivity index (χ0v) is 16.4. The highest BCUT2D eigenvalue weighted by atomic mass is 32.2. The summed E-state index contributed by atoms with van der Waals surface area (Å²) < 4.78 is 29.3. The average Bonchev–Trinajstić information content (AvgIpc) is 3.23. The molecular formula is C21H22N2O4S. The molecule has 1 unspecified atom stereocenters. The lowest BCUT2D eigenvalue weighted by Gasteiger charge is -2.19. The monoisotopic (exact) mass is 398 g/mol. The van der Waals surface area contributed by atoms with Crippen LogP contribution in [0.15, 0.2) is 59.3 Å². The first-order valence-electron chi connectivity index (χ1n) is 9.19. The number of aromatic nitrogens is 1. The van der Waals surface area contributed by atoms with E-state index in [0.717, 1.165) is 29.4 Å². The van der Waals surface area contributed by atoms with Gasteiger partial charge in [-0.25, -0.2) is 8.42 Å². The topological polar surface area (TPSA) is 89.3 Å². The molecule has 0 saturated heterocycles. The molecule has 1 saturated carbocycles. The summed E-state index contributed by atoms with van der Waals surface area (Å²) in [6, 6.07) is 12.8. The molecule has 146 valence electrons. The number of carbonyl (C=O) groups is 1. The standard InChI is InChI=1S/C21H22N2O4S/c1-28(25,26)14-21(8-9-21)12-19(24)23-20(16-6-4-10-22-13-16)18-11-15-5-2-3-7-17(15)27-18/h2-7,10-11,13,20H,8-9,12,14H2,1H3,(H,23,24). The molecule has 1 aliphatic carbocycles. The van der Waals surface area contributed by atoms with E-state index in [2.05, 4.69) is 10.3 Å². The number of hydrogen-bond acceptors (Lipinski definition) is 5. The number of fused-ring (bicyclic) bond motifs is 1. The van der Waals surface area contributed by atoms with Gasteiger partial charge in [0.15, 0.2) is 0 Å². The molecule has 0 radical (unpaired) electrons. The number of rotatable bonds is 7. The van der Waals surface area contributed by atoms with Gasteiger partial charge >= 0.3 is 0 Å². The maximum Gasteiger partial charge on any atom is 0.221 e. The van der Waals surface area contributed by atoms with Gasteiger partial charge in [0.1, 0.15) is 27.2 Å². The molecule has 1 aromatic carbocycles. The van der Waals surface area contributed by atoms with Crippen LogP contribution in [0.2, 0.25) is 0 Å². The van der Waals surface area contributed by atoms with Crippen LogP contribution in [-0.4, -0.2) is 31.3 Å². The van der Waals surface area contributed by atoms with Crippen molar-refractivity contribution in [2.75, 3.05) is 12.0 Å². The quantitative estimate of drug-likeness (QED) is 0.660. The second kappa shape index (κ2) is 7.05. The second-order valence-corrected chi connectivity index (χ2v) is 9.86. The number of sulfone groups is 1. The number of nitrogens with one attached hydrogen (secondary N) is 1. The first kappa shape index (κ1) is 18.7. The van der Waals surface area contributed by atoms with E-state index < -0.39 is 21.3 Å². The van der Waals surface area contributed by atoms with Crippen LogP contribution in [0.5, 0.6) is 0 Å². The van der Waals surface area contributed by atoms with Crippen LogP contribution in [0.1, 0.15) is 36.6 Å². The zero-order chi connectivity index (χ0) is 19.8. The van der Waals surface area contributed by atoms with Crippen molar-refractivity contribution >= 4 is 26.7 Å². The van der Waals surface area contributed by atoms with Crippen LogP contribution in [0.4, 0.5) is 0 Å². The summed E-state index contributed by atoms with van der Waals surface area (Å²) >= 11 is 0. The Hall–Kier alpha value is -2.67. The van der Waals surface area contributed by atoms with Crippen molar-refractivity contribution in [3.05, 3.63) is 66.2 Å². The number of hydrogen-bond donors (Lipinski definition) is 1. The van der Waals surface area contributed by atoms with Crippen molar-refractivity contribution < 1.29 is 17.6 Å². The number of amides is 1. The number of pyridine rings is 1. The third-order valence-corrected chi connectivity index (χ3v) is 6.25. The van der Waals surface area contributed by atoms with Crippen LogP contribution in [0.3, 0.4) is 0 Å². The summed E-state index contributed by atoms with van der Waals surface area (Å²) in [6.45, 7) is 0. The molecule has 2 aromatic heterocycles. The predicted octanol–water partition coefficient (Wildman–Crippen LogP) is 3.25. The Balaban J connectivity index is 1.59. The maximum atomic E-state index is 12.8. The molecule has 3 aromatic rings. The van der Waals surface area contributed by atoms with E-state index in [0.29, 0.717) is 5.76 Å². The Morgan fingerprint density at radius 1 is 1.25 bits per heavy atom. The first-order valence-corrected chi connectivity index (χ1v) is 11.3. The Bertz CT molecular complexity index is 1070. The van der Waals surface area contributed by atoms with E-state index in [-0.39, 0.29) is 18.1 Å². The Morgan fingerprint density at radius 3 is 2.68 bits per heavy atom. The minimum atomic E-state index is -3.12. The van der Waals surface area contributed by atoms with Gasteiger partial charge in [0, 0.05) is 36.0 Å². The van der Waals surface area contributed by atoms with Gasteiger partial charge in [-0.1, -0.05) is 24.3 Å². The molecule has 1 aliphatic rings. The number of nitrogens with zero attached hydrogens (tertiary/aromatic N) is 1. The molecule has 28 heavy (non-hydrogen) atoms. The van der Waals surface area contributed by atoms with Crippen molar-refractivity contribution in [1.82, 2.24) is 10.3 Å². The highest BCUT2D eigenvalue weighted by Crippen LogP contribution is 2.49. The van der Waals surface area contributed by atoms with E-state index in [1.807, 2.05) is 42.5 Å². The molecule has 1 fully saturated rings. The van der Waals surface area contributed by atoms with E-state index >= 15 is 0 Å². The summed E-state index contributed by atoms with van der Waals surface area (Å²) in [5.41, 5.74) is 1.13. The van der Waals surface area contributed by atoms with Gasteiger partial charge in [-0.2, -0.15) is 0 Å². The molecule has 6 nitrogen and oxygen atoms in total. The largest absolute Gasteiger partial charge is 0.459 e. The van der Waals surface area contributed by atoms with Crippen LogP contribution >= 0.6 is 0 Å². The Labute approximate surface area is 163 Å². The summed E-state index contributed by atoms with van der Waals surface area (Å²) in [5.74, 6) is 0.487. The molecule has 0 spiro atoms. The molecule has 1 atom stereocenters. The fourth-order valence-electron chi connectivity index (χ4n) is 3.67. The van der Waals surface area contributed by atoms with E-state index in [9.17, 15) is 13.2 Å². The van der Waals surface area contributed by atoms with Crippen LogP contribution < -0.4 is 5.32 Å². The number of para-hydroxylation sites is 1. The van der Waals surface area contributed by atoms with Crippen LogP contribution in [0, 0.1) is 5.41 Å². The maximum absolute atomic E-state index is 12.8. The van der Waals surface area contributed by atoms with Crippen molar-refractivity contribution in [3.8, 4) is 0 Å². The van der Waals surface area contributed by atoms with Gasteiger partial charge in [-0.05, 0) is 36.5 Å². The van der Waals surface area contributed by atoms with Crippen LogP contribution in [-0.2, 0) is 14.6 Å². The molecular weight excluding hydrogens is 376 g/mol. The number of furan rings is 1. The van der Waals surface area contributed by atoms with Crippen molar-refractivity contribution in [3.63, 3.8) is 0 Å². The smallest absolute Gasteiger partial charge is 0.221 e. The van der Waals surface area contributed by atoms with Gasteiger partial charge < -0.3 is 9.73 Å². The van der Waals surface area contributed by atoms with E-state index in [1.54, 1.807) is 12.4 Å². The first-order chi connectivity index (χ1) is 13.3. The third kappa shape index (κ3) is 4.25. The summed E-state index contributed by atoms with van der Waals surface area (Å²) in [6.07, 6.45) is 6.30. The van der Waals surface area contributed by atoms with Crippen molar-refractivity contribution in [2.45, 2.75) is 25.3 Å². The molecule has 4 rings (SSSR count). The third-order valence-electron chi connectivity index (χ3n) is 5.11. The Morgan fingerprint density at radius 2 is 2.04 bits per heavy atom. The highest BCUT2D eigenvalue weighted by molar-refractivity contribution is 7.90. The van der Waals surface area contributed by atoms with Gasteiger partial charge in [0.2, 0.25) is 5.91 Å². The molecule has 1 amide bonds. The minimum Gasteiger partial charge on any atom is -0.459 e. The summed E-state index contributed by atoms with van der Waals surface area (Å²) in [7, 11) is -3.12. The van der Waals surface area contributed by atoms with Crippen molar-refractivity contribution in [1.29, 1.82) is 0 Å². The van der Waals surface area contributed by atoms with Gasteiger partial charge in [-0.15, -0.1) is 0 Å². The molecule has 0 bridgehead atoms. The van der Waals surface area contributed by atoms with Crippen molar-refractivity contribution in [2.24, 2.45) is 5.41 Å². The number of benzene rings is 1. The molecule has 7 heteroatoms. The minimum absolute atomic E-state index is 0.0512. The normalized spacial score (nSPS) is 16.6. The number of carbonyl (C=O) groups excluding carboxylic acids is 1. The lowest BCUT2D eigenvalue weighted by molar-refractivity contribution is -0.122. The predicted molar refractivity (Wildman–Crippen MR) is 106 cm³/mol. The van der Waals surface area contributed by atoms with E-state index in [4.69, 9.17) is 4.42 Å². The summed E-state index contributed by atoms with van der Waals surface area (Å²) in [5, 5.41) is 3.98. The van der Waals surface area contributed by atoms with Gasteiger partial charge in [0.25, 0.3) is 0 Å². The summed E-state index contributed by atoms with van der Waals surface area (Å²) in [4.78, 5) is 16.9. The van der Waals surface area contributed by atoms with Gasteiger partial charge in [0.05, 0.1) is 5.75 Å². The molecule has 0 aliphatic heterocycles. The SMILES string of the molecule is CS(=O)(=O)CC1(CC(=O)NC(c2cccnc2)c2cc3ccccc3o2)CC1. The molecule has 2 heterocycles. The second-order valence-electron chi connectivity index (χ2n) is 7.72. The molecule has 1 N–H and O–H groups in total. The van der Waals surface area contributed by atoms with Gasteiger partial charge in [-0.3, -0.25) is 9.78 Å². The fraction of sp³-hybridized carbons (Fsp3) is 0.333. The Kier molecular flexibility index (Phi) is 4.71. The zero-order valence-electron chi connectivity index (χ0n) is 15.6. The average molecular weight is 398 g/mol. The van der Waals surface area contributed by atoms with Crippen LogP contribution in [0.25, 0.3) is 11.0 Å². The lowest BCUT2D eigenvalue weighted by Crippen LogP contribution is -2.32. The lowest BCUT2D eigenvalue weighted by atomic mass is 10.0. The fourth-order valence-corrected chi connectivity index (χ4v) is 5.17. The van der Waals surface area contributed by atoms with E-state index in [1.165, 1.54) is 6.26 Å². The highest BCUT2D eigenvalue weighted by Gasteiger charge is 2.46.